The molecule has 1 aromatic carbocycles. The van der Waals surface area contributed by atoms with E-state index in [4.69, 9.17) is 5.11 Å². The molecule has 2 nitrogen and oxygen atoms in total. The summed E-state index contributed by atoms with van der Waals surface area (Å²) >= 11 is 0. The Bertz CT molecular complexity index is 340. The van der Waals surface area contributed by atoms with E-state index in [1.807, 2.05) is 31.2 Å². The summed E-state index contributed by atoms with van der Waals surface area (Å²) in [6, 6.07) is 7.72. The number of hydrogen-bond acceptors (Lipinski definition) is 1. The second-order valence-corrected chi connectivity index (χ2v) is 3.01. The molecule has 0 saturated heterocycles. The molecule has 0 aliphatic rings. The molecule has 0 bridgehead atoms. The van der Waals surface area contributed by atoms with Crippen LogP contribution < -0.4 is 0 Å². The van der Waals surface area contributed by atoms with Gasteiger partial charge in [0.25, 0.3) is 0 Å². The number of hydrogen-bond donors (Lipinski definition) is 1. The lowest BCUT2D eigenvalue weighted by atomic mass is 10.0. The van der Waals surface area contributed by atoms with Crippen molar-refractivity contribution in [2.75, 3.05) is 0 Å². The summed E-state index contributed by atoms with van der Waals surface area (Å²) in [5.41, 5.74) is 2.36. The molecule has 0 unspecified atom stereocenters. The van der Waals surface area contributed by atoms with E-state index in [1.165, 1.54) is 0 Å². The molecule has 0 atom stereocenters. The van der Waals surface area contributed by atoms with Crippen LogP contribution in [0.2, 0.25) is 0 Å². The Morgan fingerprint density at radius 1 is 1.46 bits per heavy atom. The lowest BCUT2D eigenvalue weighted by Gasteiger charge is -2.04. The molecule has 0 fully saturated rings. The van der Waals surface area contributed by atoms with Gasteiger partial charge in [-0.2, -0.15) is 0 Å². The first-order valence-electron chi connectivity index (χ1n) is 4.07. The molecule has 1 aromatic rings. The maximum absolute atomic E-state index is 10.5. The van der Waals surface area contributed by atoms with Crippen molar-refractivity contribution in [2.45, 2.75) is 13.3 Å². The topological polar surface area (TPSA) is 37.3 Å². The van der Waals surface area contributed by atoms with Gasteiger partial charge >= 0.3 is 5.97 Å². The molecular formula is C11H12O2. The van der Waals surface area contributed by atoms with Crippen molar-refractivity contribution in [1.82, 2.24) is 0 Å². The maximum Gasteiger partial charge on any atom is 0.331 e. The second kappa shape index (κ2) is 3.90. The maximum atomic E-state index is 10.5. The van der Waals surface area contributed by atoms with E-state index in [2.05, 4.69) is 6.58 Å². The van der Waals surface area contributed by atoms with Gasteiger partial charge in [-0.05, 0) is 18.1 Å². The molecule has 1 N–H and O–H groups in total. The molecule has 13 heavy (non-hydrogen) atoms. The minimum atomic E-state index is -0.928. The van der Waals surface area contributed by atoms with Gasteiger partial charge in [0.2, 0.25) is 0 Å². The third-order valence-corrected chi connectivity index (χ3v) is 1.97. The first-order chi connectivity index (χ1) is 6.11. The fraction of sp³-hybridized carbons (Fsp3) is 0.182. The summed E-state index contributed by atoms with van der Waals surface area (Å²) in [4.78, 5) is 10.5. The summed E-state index contributed by atoms with van der Waals surface area (Å²) in [7, 11) is 0. The van der Waals surface area contributed by atoms with Crippen LogP contribution in [0.1, 0.15) is 11.1 Å². The van der Waals surface area contributed by atoms with Crippen molar-refractivity contribution in [3.8, 4) is 0 Å². The number of carboxylic acids is 1. The third-order valence-electron chi connectivity index (χ3n) is 1.97. The van der Waals surface area contributed by atoms with Crippen molar-refractivity contribution in [3.05, 3.63) is 47.5 Å². The molecular weight excluding hydrogens is 164 g/mol. The molecule has 0 aliphatic heterocycles. The largest absolute Gasteiger partial charge is 0.478 e. The minimum absolute atomic E-state index is 0.231. The van der Waals surface area contributed by atoms with Gasteiger partial charge < -0.3 is 5.11 Å². The first-order valence-corrected chi connectivity index (χ1v) is 4.07. The van der Waals surface area contributed by atoms with Gasteiger partial charge in [-0.1, -0.05) is 30.8 Å². The fourth-order valence-electron chi connectivity index (χ4n) is 1.11. The summed E-state index contributed by atoms with van der Waals surface area (Å²) in [5.74, 6) is -0.928. The van der Waals surface area contributed by atoms with Crippen LogP contribution in [0, 0.1) is 6.92 Å². The van der Waals surface area contributed by atoms with Crippen LogP contribution in [-0.4, -0.2) is 11.1 Å². The van der Waals surface area contributed by atoms with Gasteiger partial charge in [-0.25, -0.2) is 4.79 Å². The van der Waals surface area contributed by atoms with E-state index in [0.29, 0.717) is 6.42 Å². The highest BCUT2D eigenvalue weighted by atomic mass is 16.4. The Balaban J connectivity index is 2.81. The number of benzene rings is 1. The van der Waals surface area contributed by atoms with Crippen molar-refractivity contribution in [3.63, 3.8) is 0 Å². The zero-order valence-electron chi connectivity index (χ0n) is 7.58. The number of aryl methyl sites for hydroxylation is 1. The molecule has 0 saturated carbocycles. The van der Waals surface area contributed by atoms with E-state index in [-0.39, 0.29) is 5.57 Å². The molecule has 68 valence electrons. The van der Waals surface area contributed by atoms with Gasteiger partial charge in [0.05, 0.1) is 0 Å². The molecule has 0 spiro atoms. The van der Waals surface area contributed by atoms with Crippen LogP contribution >= 0.6 is 0 Å². The zero-order chi connectivity index (χ0) is 9.84. The standard InChI is InChI=1S/C11H12O2/c1-8-5-3-4-6-10(8)7-9(2)11(12)13/h3-6H,2,7H2,1H3,(H,12,13). The van der Waals surface area contributed by atoms with Crippen LogP contribution in [0.4, 0.5) is 0 Å². The summed E-state index contributed by atoms with van der Waals surface area (Å²) in [5, 5.41) is 8.63. The quantitative estimate of drug-likeness (QED) is 0.717. The predicted molar refractivity (Wildman–Crippen MR) is 51.7 cm³/mol. The van der Waals surface area contributed by atoms with E-state index in [9.17, 15) is 4.79 Å². The average molecular weight is 176 g/mol. The monoisotopic (exact) mass is 176 g/mol. The Morgan fingerprint density at radius 2 is 2.08 bits per heavy atom. The highest BCUT2D eigenvalue weighted by molar-refractivity contribution is 5.86. The van der Waals surface area contributed by atoms with Crippen molar-refractivity contribution < 1.29 is 9.90 Å². The SMILES string of the molecule is C=C(Cc1ccccc1C)C(=O)O. The van der Waals surface area contributed by atoms with Crippen LogP contribution in [0.5, 0.6) is 0 Å². The molecule has 0 amide bonds. The molecule has 0 radical (unpaired) electrons. The van der Waals surface area contributed by atoms with Crippen molar-refractivity contribution in [1.29, 1.82) is 0 Å². The van der Waals surface area contributed by atoms with Crippen LogP contribution in [0.3, 0.4) is 0 Å². The predicted octanol–water partition coefficient (Wildman–Crippen LogP) is 2.18. The van der Waals surface area contributed by atoms with E-state index < -0.39 is 5.97 Å². The zero-order valence-corrected chi connectivity index (χ0v) is 7.58. The van der Waals surface area contributed by atoms with Crippen molar-refractivity contribution in [2.24, 2.45) is 0 Å². The van der Waals surface area contributed by atoms with Gasteiger partial charge in [0.1, 0.15) is 0 Å². The average Bonchev–Trinajstić information content (AvgIpc) is 2.08. The van der Waals surface area contributed by atoms with Crippen LogP contribution in [0.15, 0.2) is 36.4 Å². The lowest BCUT2D eigenvalue weighted by Crippen LogP contribution is -2.03. The normalized spacial score (nSPS) is 9.62. The van der Waals surface area contributed by atoms with Gasteiger partial charge in [-0.3, -0.25) is 0 Å². The van der Waals surface area contributed by atoms with E-state index >= 15 is 0 Å². The minimum Gasteiger partial charge on any atom is -0.478 e. The molecule has 0 aliphatic carbocycles. The number of carboxylic acid groups (broad SMARTS) is 1. The van der Waals surface area contributed by atoms with Crippen molar-refractivity contribution >= 4 is 5.97 Å². The van der Waals surface area contributed by atoms with Crippen LogP contribution in [0.25, 0.3) is 0 Å². The summed E-state index contributed by atoms with van der Waals surface area (Å²) in [6.45, 7) is 5.45. The smallest absolute Gasteiger partial charge is 0.331 e. The molecule has 1 rings (SSSR count). The highest BCUT2D eigenvalue weighted by Gasteiger charge is 2.05. The molecule has 2 heteroatoms. The van der Waals surface area contributed by atoms with Gasteiger partial charge in [0.15, 0.2) is 0 Å². The van der Waals surface area contributed by atoms with Gasteiger partial charge in [-0.15, -0.1) is 0 Å². The number of carbonyl (C=O) groups is 1. The number of aliphatic carboxylic acids is 1. The summed E-state index contributed by atoms with van der Waals surface area (Å²) in [6.07, 6.45) is 0.419. The van der Waals surface area contributed by atoms with Crippen LogP contribution in [-0.2, 0) is 11.2 Å². The highest BCUT2D eigenvalue weighted by Crippen LogP contribution is 2.11. The summed E-state index contributed by atoms with van der Waals surface area (Å²) < 4.78 is 0. The Labute approximate surface area is 77.5 Å². The molecule has 0 aromatic heterocycles. The first kappa shape index (κ1) is 9.52. The van der Waals surface area contributed by atoms with E-state index in [0.717, 1.165) is 11.1 Å². The Morgan fingerprint density at radius 3 is 2.62 bits per heavy atom. The van der Waals surface area contributed by atoms with Gasteiger partial charge in [0, 0.05) is 12.0 Å². The second-order valence-electron chi connectivity index (χ2n) is 3.01. The van der Waals surface area contributed by atoms with E-state index in [1.54, 1.807) is 0 Å². The Kier molecular flexibility index (Phi) is 2.85. The third kappa shape index (κ3) is 2.44. The number of rotatable bonds is 3. The fourth-order valence-corrected chi connectivity index (χ4v) is 1.11. The lowest BCUT2D eigenvalue weighted by molar-refractivity contribution is -0.132. The Hall–Kier alpha value is -1.57. The molecule has 0 heterocycles.